The number of hydrogen-bond donors (Lipinski definition) is 1. The molecule has 1 heterocycles. The van der Waals surface area contributed by atoms with Crippen molar-refractivity contribution < 1.29 is 9.53 Å². The molecule has 3 nitrogen and oxygen atoms in total. The van der Waals surface area contributed by atoms with E-state index in [4.69, 9.17) is 4.74 Å². The number of rotatable bonds is 2. The van der Waals surface area contributed by atoms with Gasteiger partial charge in [-0.1, -0.05) is 30.3 Å². The van der Waals surface area contributed by atoms with Crippen LogP contribution in [0.1, 0.15) is 5.56 Å². The molecular formula is C11H13NO2. The van der Waals surface area contributed by atoms with Crippen LogP contribution in [0.3, 0.4) is 0 Å². The number of cyclic esters (lactones) is 1. The number of nitrogens with one attached hydrogen (secondary N) is 1. The first kappa shape index (κ1) is 9.06. The van der Waals surface area contributed by atoms with Gasteiger partial charge in [0.15, 0.2) is 0 Å². The topological polar surface area (TPSA) is 38.3 Å². The van der Waals surface area contributed by atoms with Crippen molar-refractivity contribution in [3.05, 3.63) is 35.9 Å². The van der Waals surface area contributed by atoms with Crippen molar-refractivity contribution >= 4 is 6.09 Å². The first-order valence-electron chi connectivity index (χ1n) is 4.79. The van der Waals surface area contributed by atoms with Gasteiger partial charge in [0.2, 0.25) is 0 Å². The molecule has 0 aliphatic carbocycles. The number of hydrogen-bond acceptors (Lipinski definition) is 2. The lowest BCUT2D eigenvalue weighted by Gasteiger charge is -2.22. The van der Waals surface area contributed by atoms with Crippen LogP contribution >= 0.6 is 0 Å². The van der Waals surface area contributed by atoms with Crippen LogP contribution in [0, 0.1) is 5.92 Å². The van der Waals surface area contributed by atoms with Crippen LogP contribution in [0.15, 0.2) is 30.3 Å². The molecule has 74 valence electrons. The van der Waals surface area contributed by atoms with E-state index in [-0.39, 0.29) is 6.09 Å². The van der Waals surface area contributed by atoms with Crippen molar-refractivity contribution in [3.63, 3.8) is 0 Å². The molecule has 1 N–H and O–H groups in total. The van der Waals surface area contributed by atoms with E-state index in [1.54, 1.807) is 0 Å². The first-order valence-corrected chi connectivity index (χ1v) is 4.79. The highest BCUT2D eigenvalue weighted by Crippen LogP contribution is 2.11. The fourth-order valence-corrected chi connectivity index (χ4v) is 1.61. The van der Waals surface area contributed by atoms with Crippen molar-refractivity contribution in [2.24, 2.45) is 5.92 Å². The Labute approximate surface area is 83.1 Å². The summed E-state index contributed by atoms with van der Waals surface area (Å²) in [4.78, 5) is 10.7. The molecule has 1 amide bonds. The maximum Gasteiger partial charge on any atom is 0.407 e. The summed E-state index contributed by atoms with van der Waals surface area (Å²) < 4.78 is 4.91. The van der Waals surface area contributed by atoms with Crippen LogP contribution < -0.4 is 5.32 Å². The maximum atomic E-state index is 10.7. The molecule has 14 heavy (non-hydrogen) atoms. The van der Waals surface area contributed by atoms with Gasteiger partial charge in [0, 0.05) is 12.5 Å². The quantitative estimate of drug-likeness (QED) is 0.770. The smallest absolute Gasteiger partial charge is 0.407 e. The highest BCUT2D eigenvalue weighted by Gasteiger charge is 2.18. The van der Waals surface area contributed by atoms with E-state index in [2.05, 4.69) is 17.4 Å². The van der Waals surface area contributed by atoms with E-state index in [1.807, 2.05) is 18.2 Å². The lowest BCUT2D eigenvalue weighted by Crippen LogP contribution is -2.39. The summed E-state index contributed by atoms with van der Waals surface area (Å²) in [5, 5.41) is 2.69. The monoisotopic (exact) mass is 191 g/mol. The van der Waals surface area contributed by atoms with Gasteiger partial charge in [-0.3, -0.25) is 0 Å². The average molecular weight is 191 g/mol. The summed E-state index contributed by atoms with van der Waals surface area (Å²) in [6, 6.07) is 10.2. The van der Waals surface area contributed by atoms with E-state index in [9.17, 15) is 4.79 Å². The molecule has 0 bridgehead atoms. The fraction of sp³-hybridized carbons (Fsp3) is 0.364. The molecule has 1 atom stereocenters. The molecule has 0 radical (unpaired) electrons. The van der Waals surface area contributed by atoms with Crippen LogP contribution in [-0.2, 0) is 11.2 Å². The Balaban J connectivity index is 1.89. The number of benzene rings is 1. The van der Waals surface area contributed by atoms with Gasteiger partial charge in [-0.15, -0.1) is 0 Å². The van der Waals surface area contributed by atoms with E-state index in [0.717, 1.165) is 6.42 Å². The van der Waals surface area contributed by atoms with E-state index in [0.29, 0.717) is 19.1 Å². The largest absolute Gasteiger partial charge is 0.449 e. The Morgan fingerprint density at radius 3 is 2.79 bits per heavy atom. The van der Waals surface area contributed by atoms with Crippen LogP contribution in [0.5, 0.6) is 0 Å². The highest BCUT2D eigenvalue weighted by molar-refractivity contribution is 5.67. The fourth-order valence-electron chi connectivity index (χ4n) is 1.61. The molecule has 3 heteroatoms. The molecular weight excluding hydrogens is 178 g/mol. The van der Waals surface area contributed by atoms with Crippen LogP contribution in [0.25, 0.3) is 0 Å². The van der Waals surface area contributed by atoms with Gasteiger partial charge in [-0.2, -0.15) is 0 Å². The molecule has 1 aromatic carbocycles. The molecule has 1 aliphatic rings. The zero-order valence-corrected chi connectivity index (χ0v) is 7.90. The minimum Gasteiger partial charge on any atom is -0.449 e. The normalized spacial score (nSPS) is 21.1. The molecule has 1 aromatic rings. The summed E-state index contributed by atoms with van der Waals surface area (Å²) in [6.45, 7) is 1.24. The third-order valence-electron chi connectivity index (χ3n) is 2.35. The third kappa shape index (κ3) is 2.25. The predicted octanol–water partition coefficient (Wildman–Crippen LogP) is 1.59. The highest BCUT2D eigenvalue weighted by atomic mass is 16.6. The minimum atomic E-state index is -0.297. The Morgan fingerprint density at radius 2 is 2.14 bits per heavy atom. The minimum absolute atomic E-state index is 0.297. The Hall–Kier alpha value is -1.51. The van der Waals surface area contributed by atoms with E-state index < -0.39 is 0 Å². The van der Waals surface area contributed by atoms with Gasteiger partial charge in [0.1, 0.15) is 0 Å². The number of amides is 1. The SMILES string of the molecule is O=C1NC[C@H](Cc2ccccc2)CO1. The van der Waals surface area contributed by atoms with Gasteiger partial charge >= 0.3 is 6.09 Å². The number of alkyl carbamates (subject to hydrolysis) is 1. The van der Waals surface area contributed by atoms with Gasteiger partial charge in [-0.25, -0.2) is 4.79 Å². The third-order valence-corrected chi connectivity index (χ3v) is 2.35. The first-order chi connectivity index (χ1) is 6.84. The second kappa shape index (κ2) is 4.13. The van der Waals surface area contributed by atoms with E-state index in [1.165, 1.54) is 5.56 Å². The molecule has 0 unspecified atom stereocenters. The second-order valence-corrected chi connectivity index (χ2v) is 3.54. The predicted molar refractivity (Wildman–Crippen MR) is 53.0 cm³/mol. The van der Waals surface area contributed by atoms with Gasteiger partial charge < -0.3 is 10.1 Å². The number of ether oxygens (including phenoxy) is 1. The van der Waals surface area contributed by atoms with Crippen LogP contribution in [0.2, 0.25) is 0 Å². The van der Waals surface area contributed by atoms with Crippen molar-refractivity contribution in [1.29, 1.82) is 0 Å². The number of carbonyl (C=O) groups excluding carboxylic acids is 1. The molecule has 0 spiro atoms. The molecule has 0 saturated carbocycles. The zero-order valence-electron chi connectivity index (χ0n) is 7.90. The van der Waals surface area contributed by atoms with E-state index >= 15 is 0 Å². The molecule has 1 fully saturated rings. The second-order valence-electron chi connectivity index (χ2n) is 3.54. The van der Waals surface area contributed by atoms with Crippen molar-refractivity contribution in [1.82, 2.24) is 5.32 Å². The maximum absolute atomic E-state index is 10.7. The Kier molecular flexibility index (Phi) is 2.68. The Bertz CT molecular complexity index is 300. The molecule has 1 saturated heterocycles. The van der Waals surface area contributed by atoms with Crippen LogP contribution in [-0.4, -0.2) is 19.2 Å². The lowest BCUT2D eigenvalue weighted by molar-refractivity contribution is 0.103. The zero-order chi connectivity index (χ0) is 9.80. The summed E-state index contributed by atoms with van der Waals surface area (Å²) in [5.41, 5.74) is 1.29. The van der Waals surface area contributed by atoms with Crippen molar-refractivity contribution in [2.75, 3.05) is 13.2 Å². The number of carbonyl (C=O) groups is 1. The average Bonchev–Trinajstić information content (AvgIpc) is 2.23. The van der Waals surface area contributed by atoms with Crippen molar-refractivity contribution in [3.8, 4) is 0 Å². The molecule has 1 aliphatic heterocycles. The van der Waals surface area contributed by atoms with Gasteiger partial charge in [-0.05, 0) is 12.0 Å². The molecule has 0 aromatic heterocycles. The van der Waals surface area contributed by atoms with Crippen LogP contribution in [0.4, 0.5) is 4.79 Å². The van der Waals surface area contributed by atoms with Gasteiger partial charge in [0.05, 0.1) is 6.61 Å². The molecule has 2 rings (SSSR count). The van der Waals surface area contributed by atoms with Crippen molar-refractivity contribution in [2.45, 2.75) is 6.42 Å². The summed E-state index contributed by atoms with van der Waals surface area (Å²) in [5.74, 6) is 0.398. The summed E-state index contributed by atoms with van der Waals surface area (Å²) in [6.07, 6.45) is 0.663. The summed E-state index contributed by atoms with van der Waals surface area (Å²) in [7, 11) is 0. The lowest BCUT2D eigenvalue weighted by atomic mass is 9.99. The Morgan fingerprint density at radius 1 is 1.36 bits per heavy atom. The standard InChI is InChI=1S/C11H13NO2/c13-11-12-7-10(8-14-11)6-9-4-2-1-3-5-9/h1-5,10H,6-8H2,(H,12,13)/t10-/m0/s1. The summed E-state index contributed by atoms with van der Waals surface area (Å²) >= 11 is 0. The van der Waals surface area contributed by atoms with Gasteiger partial charge in [0.25, 0.3) is 0 Å².